The van der Waals surface area contributed by atoms with Crippen LogP contribution in [0.15, 0.2) is 23.1 Å². The summed E-state index contributed by atoms with van der Waals surface area (Å²) < 4.78 is 28.3. The third-order valence-electron chi connectivity index (χ3n) is 4.00. The van der Waals surface area contributed by atoms with Gasteiger partial charge in [-0.25, -0.2) is 8.42 Å². The van der Waals surface area contributed by atoms with Gasteiger partial charge in [0.15, 0.2) is 6.10 Å². The lowest BCUT2D eigenvalue weighted by molar-refractivity contribution is -0.136. The van der Waals surface area contributed by atoms with Crippen molar-refractivity contribution in [3.63, 3.8) is 0 Å². The molecule has 2 heterocycles. The predicted molar refractivity (Wildman–Crippen MR) is 78.0 cm³/mol. The number of carbonyl (C=O) groups excluding carboxylic acids is 1. The van der Waals surface area contributed by atoms with Gasteiger partial charge in [-0.05, 0) is 36.1 Å². The molecule has 0 bridgehead atoms. The first-order chi connectivity index (χ1) is 9.84. The molecule has 1 fully saturated rings. The van der Waals surface area contributed by atoms with Crippen LogP contribution >= 0.6 is 10.7 Å². The molecule has 0 radical (unpaired) electrons. The second kappa shape index (κ2) is 5.18. The fourth-order valence-electron chi connectivity index (χ4n) is 2.85. The van der Waals surface area contributed by atoms with E-state index < -0.39 is 15.2 Å². The minimum atomic E-state index is -3.76. The molecule has 21 heavy (non-hydrogen) atoms. The predicted octanol–water partition coefficient (Wildman–Crippen LogP) is 1.79. The van der Waals surface area contributed by atoms with E-state index >= 15 is 0 Å². The maximum atomic E-state index is 12.4. The van der Waals surface area contributed by atoms with Crippen molar-refractivity contribution in [2.45, 2.75) is 30.8 Å². The van der Waals surface area contributed by atoms with Gasteiger partial charge >= 0.3 is 0 Å². The van der Waals surface area contributed by atoms with Crippen LogP contribution in [0.1, 0.15) is 18.9 Å². The molecule has 0 aromatic heterocycles. The molecule has 3 rings (SSSR count). The Bertz CT molecular complexity index is 688. The van der Waals surface area contributed by atoms with Crippen LogP contribution in [0, 0.1) is 5.92 Å². The van der Waals surface area contributed by atoms with E-state index in [1.807, 2.05) is 4.90 Å². The number of halogens is 1. The van der Waals surface area contributed by atoms with Crippen LogP contribution in [0.25, 0.3) is 0 Å². The lowest BCUT2D eigenvalue weighted by atomic mass is 10.1. The van der Waals surface area contributed by atoms with Gasteiger partial charge in [-0.2, -0.15) is 0 Å². The van der Waals surface area contributed by atoms with E-state index in [9.17, 15) is 13.2 Å². The molecule has 1 saturated heterocycles. The van der Waals surface area contributed by atoms with Gasteiger partial charge in [-0.1, -0.05) is 6.92 Å². The van der Waals surface area contributed by atoms with Gasteiger partial charge < -0.3 is 9.64 Å². The summed E-state index contributed by atoms with van der Waals surface area (Å²) in [5.74, 6) is 1.06. The molecule has 1 amide bonds. The van der Waals surface area contributed by atoms with Crippen molar-refractivity contribution >= 4 is 25.6 Å². The van der Waals surface area contributed by atoms with E-state index in [4.69, 9.17) is 15.4 Å². The summed E-state index contributed by atoms with van der Waals surface area (Å²) in [6.45, 7) is 3.64. The van der Waals surface area contributed by atoms with Crippen molar-refractivity contribution in [2.75, 3.05) is 13.1 Å². The van der Waals surface area contributed by atoms with Crippen molar-refractivity contribution in [3.8, 4) is 5.75 Å². The highest BCUT2D eigenvalue weighted by molar-refractivity contribution is 8.13. The van der Waals surface area contributed by atoms with Gasteiger partial charge in [0.1, 0.15) is 5.75 Å². The Balaban J connectivity index is 1.77. The Morgan fingerprint density at radius 3 is 2.81 bits per heavy atom. The highest BCUT2D eigenvalue weighted by Crippen LogP contribution is 2.33. The number of ether oxygens (including phenoxy) is 1. The monoisotopic (exact) mass is 329 g/mol. The first-order valence-electron chi connectivity index (χ1n) is 6.87. The van der Waals surface area contributed by atoms with Crippen LogP contribution in [0.4, 0.5) is 0 Å². The molecule has 2 atom stereocenters. The Morgan fingerprint density at radius 2 is 2.19 bits per heavy atom. The normalized spacial score (nSPS) is 24.8. The molecule has 2 aliphatic heterocycles. The first kappa shape index (κ1) is 14.7. The average molecular weight is 330 g/mol. The van der Waals surface area contributed by atoms with Crippen molar-refractivity contribution in [1.29, 1.82) is 0 Å². The van der Waals surface area contributed by atoms with Gasteiger partial charge in [0.2, 0.25) is 0 Å². The smallest absolute Gasteiger partial charge is 0.264 e. The molecule has 2 unspecified atom stereocenters. The molecule has 114 valence electrons. The van der Waals surface area contributed by atoms with Gasteiger partial charge in [0, 0.05) is 30.2 Å². The van der Waals surface area contributed by atoms with E-state index in [1.54, 1.807) is 6.07 Å². The van der Waals surface area contributed by atoms with E-state index in [-0.39, 0.29) is 10.8 Å². The van der Waals surface area contributed by atoms with Crippen molar-refractivity contribution in [1.82, 2.24) is 4.90 Å². The van der Waals surface area contributed by atoms with Crippen LogP contribution in [-0.2, 0) is 20.3 Å². The van der Waals surface area contributed by atoms with Crippen LogP contribution in [0.2, 0.25) is 0 Å². The quantitative estimate of drug-likeness (QED) is 0.776. The number of carbonyl (C=O) groups is 1. The Morgan fingerprint density at radius 1 is 1.43 bits per heavy atom. The van der Waals surface area contributed by atoms with Crippen molar-refractivity contribution in [3.05, 3.63) is 23.8 Å². The number of hydrogen-bond acceptors (Lipinski definition) is 4. The molecule has 1 aromatic carbocycles. The third-order valence-corrected chi connectivity index (χ3v) is 5.35. The Kier molecular flexibility index (Phi) is 3.61. The molecular weight excluding hydrogens is 314 g/mol. The topological polar surface area (TPSA) is 63.7 Å². The van der Waals surface area contributed by atoms with E-state index in [2.05, 4.69) is 6.92 Å². The number of nitrogens with zero attached hydrogens (tertiary/aromatic N) is 1. The maximum absolute atomic E-state index is 12.4. The van der Waals surface area contributed by atoms with E-state index in [0.717, 1.165) is 19.5 Å². The molecule has 0 N–H and O–H groups in total. The van der Waals surface area contributed by atoms with E-state index in [0.29, 0.717) is 23.7 Å². The molecule has 0 saturated carbocycles. The number of likely N-dealkylation sites (tertiary alicyclic amines) is 1. The zero-order chi connectivity index (χ0) is 15.2. The summed E-state index contributed by atoms with van der Waals surface area (Å²) in [7, 11) is 1.57. The molecule has 5 nitrogen and oxygen atoms in total. The maximum Gasteiger partial charge on any atom is 0.264 e. The van der Waals surface area contributed by atoms with Gasteiger partial charge in [-0.15, -0.1) is 0 Å². The third kappa shape index (κ3) is 2.87. The number of rotatable bonds is 2. The zero-order valence-corrected chi connectivity index (χ0v) is 13.2. The fraction of sp³-hybridized carbons (Fsp3) is 0.500. The summed E-state index contributed by atoms with van der Waals surface area (Å²) >= 11 is 0. The highest BCUT2D eigenvalue weighted by Gasteiger charge is 2.35. The summed E-state index contributed by atoms with van der Waals surface area (Å²) in [5.41, 5.74) is 0.710. The standard InChI is InChI=1S/C14H16ClNO4S/c1-9-4-5-16(8-9)14(17)13-7-10-6-11(21(15,18)19)2-3-12(10)20-13/h2-3,6,9,13H,4-5,7-8H2,1H3. The lowest BCUT2D eigenvalue weighted by Gasteiger charge is -2.19. The average Bonchev–Trinajstić information content (AvgIpc) is 3.01. The fourth-order valence-corrected chi connectivity index (χ4v) is 3.65. The molecule has 1 aromatic rings. The Hall–Kier alpha value is -1.27. The minimum Gasteiger partial charge on any atom is -0.480 e. The molecule has 2 aliphatic rings. The molecule has 0 spiro atoms. The SMILES string of the molecule is CC1CCN(C(=O)C2Cc3cc(S(=O)(=O)Cl)ccc3O2)C1. The van der Waals surface area contributed by atoms with Crippen LogP contribution < -0.4 is 4.74 Å². The van der Waals surface area contributed by atoms with Crippen LogP contribution in [0.3, 0.4) is 0 Å². The summed E-state index contributed by atoms with van der Waals surface area (Å²) in [6.07, 6.45) is 0.845. The summed E-state index contributed by atoms with van der Waals surface area (Å²) in [6, 6.07) is 4.44. The number of fused-ring (bicyclic) bond motifs is 1. The van der Waals surface area contributed by atoms with Crippen molar-refractivity contribution < 1.29 is 17.9 Å². The van der Waals surface area contributed by atoms with Gasteiger partial charge in [0.05, 0.1) is 4.90 Å². The van der Waals surface area contributed by atoms with Gasteiger partial charge in [0.25, 0.3) is 15.0 Å². The van der Waals surface area contributed by atoms with E-state index in [1.165, 1.54) is 12.1 Å². The summed E-state index contributed by atoms with van der Waals surface area (Å²) in [4.78, 5) is 14.3. The molecular formula is C14H16ClNO4S. The Labute approximate surface area is 128 Å². The first-order valence-corrected chi connectivity index (χ1v) is 9.18. The number of hydrogen-bond donors (Lipinski definition) is 0. The molecule has 0 aliphatic carbocycles. The summed E-state index contributed by atoms with van der Waals surface area (Å²) in [5, 5.41) is 0. The second-order valence-electron chi connectivity index (χ2n) is 5.70. The van der Waals surface area contributed by atoms with Crippen LogP contribution in [-0.4, -0.2) is 38.4 Å². The number of benzene rings is 1. The van der Waals surface area contributed by atoms with Crippen LogP contribution in [0.5, 0.6) is 5.75 Å². The largest absolute Gasteiger partial charge is 0.480 e. The lowest BCUT2D eigenvalue weighted by Crippen LogP contribution is -2.39. The van der Waals surface area contributed by atoms with Gasteiger partial charge in [-0.3, -0.25) is 4.79 Å². The minimum absolute atomic E-state index is 0.0224. The number of amides is 1. The zero-order valence-electron chi connectivity index (χ0n) is 11.6. The van der Waals surface area contributed by atoms with Crippen molar-refractivity contribution in [2.24, 2.45) is 5.92 Å². The second-order valence-corrected chi connectivity index (χ2v) is 8.26. The molecule has 7 heteroatoms. The highest BCUT2D eigenvalue weighted by atomic mass is 35.7.